The van der Waals surface area contributed by atoms with Crippen LogP contribution in [0.1, 0.15) is 6.42 Å². The van der Waals surface area contributed by atoms with E-state index in [0.717, 1.165) is 0 Å². The molecule has 0 heterocycles. The molecule has 0 atom stereocenters. The molecule has 19 heteroatoms. The highest BCUT2D eigenvalue weighted by atomic mass is 19.4. The SMILES string of the molecule is C=CCC(F)(F)C(F)(F)C(F)(F)C(F)(F)C(F)(F)C(F)(F)C(F)(F)C(F)(F)F.OCCO. The van der Waals surface area contributed by atoms with Crippen LogP contribution < -0.4 is 0 Å². The molecule has 0 aromatic carbocycles. The van der Waals surface area contributed by atoms with Gasteiger partial charge < -0.3 is 10.2 Å². The summed E-state index contributed by atoms with van der Waals surface area (Å²) in [5, 5.41) is 15.2. The van der Waals surface area contributed by atoms with E-state index in [1.165, 1.54) is 0 Å². The van der Waals surface area contributed by atoms with E-state index in [1.807, 2.05) is 0 Å². The van der Waals surface area contributed by atoms with Crippen molar-refractivity contribution in [2.75, 3.05) is 13.2 Å². The second-order valence-electron chi connectivity index (χ2n) is 5.59. The van der Waals surface area contributed by atoms with Gasteiger partial charge in [-0.25, -0.2) is 0 Å². The van der Waals surface area contributed by atoms with E-state index in [1.54, 1.807) is 0 Å². The van der Waals surface area contributed by atoms with Crippen LogP contribution in [-0.2, 0) is 0 Å². The summed E-state index contributed by atoms with van der Waals surface area (Å²) in [4.78, 5) is 0. The number of allylic oxidation sites excluding steroid dienone is 1. The van der Waals surface area contributed by atoms with Gasteiger partial charge in [-0.05, 0) is 0 Å². The molecule has 194 valence electrons. The van der Waals surface area contributed by atoms with Crippen LogP contribution in [0.4, 0.5) is 74.6 Å². The third kappa shape index (κ3) is 4.86. The summed E-state index contributed by atoms with van der Waals surface area (Å²) in [6, 6.07) is 0. The maximum absolute atomic E-state index is 13.2. The van der Waals surface area contributed by atoms with Crippen molar-refractivity contribution in [2.45, 2.75) is 54.1 Å². The van der Waals surface area contributed by atoms with Crippen molar-refractivity contribution in [3.05, 3.63) is 12.7 Å². The van der Waals surface area contributed by atoms with Gasteiger partial charge in [0, 0.05) is 6.42 Å². The van der Waals surface area contributed by atoms with Gasteiger partial charge in [-0.3, -0.25) is 0 Å². The van der Waals surface area contributed by atoms with E-state index in [-0.39, 0.29) is 19.3 Å². The summed E-state index contributed by atoms with van der Waals surface area (Å²) >= 11 is 0. The Labute approximate surface area is 166 Å². The lowest BCUT2D eigenvalue weighted by atomic mass is 9.88. The Kier molecular flexibility index (Phi) is 9.57. The molecule has 0 saturated heterocycles. The number of aliphatic hydroxyl groups excluding tert-OH is 2. The average Bonchev–Trinajstić information content (AvgIpc) is 2.59. The Morgan fingerprint density at radius 1 is 0.469 bits per heavy atom. The Morgan fingerprint density at radius 3 is 0.938 bits per heavy atom. The summed E-state index contributed by atoms with van der Waals surface area (Å²) in [5.74, 6) is -56.0. The fourth-order valence-corrected chi connectivity index (χ4v) is 1.51. The van der Waals surface area contributed by atoms with Crippen molar-refractivity contribution in [3.63, 3.8) is 0 Å². The van der Waals surface area contributed by atoms with Crippen LogP contribution in [0.5, 0.6) is 0 Å². The quantitative estimate of drug-likeness (QED) is 0.309. The molecular weight excluding hydrogens is 511 g/mol. The van der Waals surface area contributed by atoms with Gasteiger partial charge in [-0.15, -0.1) is 6.58 Å². The molecule has 0 aromatic heterocycles. The smallest absolute Gasteiger partial charge is 0.394 e. The monoisotopic (exact) mass is 522 g/mol. The fraction of sp³-hybridized carbons (Fsp3) is 0.846. The molecule has 0 aromatic rings. The molecule has 0 rings (SSSR count). The van der Waals surface area contributed by atoms with Crippen LogP contribution in [-0.4, -0.2) is 71.1 Å². The van der Waals surface area contributed by atoms with Crippen molar-refractivity contribution in [1.29, 1.82) is 0 Å². The Hall–Kier alpha value is -1.53. The largest absolute Gasteiger partial charge is 0.460 e. The highest BCUT2D eigenvalue weighted by Crippen LogP contribution is 2.64. The van der Waals surface area contributed by atoms with Gasteiger partial charge in [0.25, 0.3) is 0 Å². The second-order valence-corrected chi connectivity index (χ2v) is 5.59. The van der Waals surface area contributed by atoms with Gasteiger partial charge in [0.15, 0.2) is 0 Å². The van der Waals surface area contributed by atoms with Crippen LogP contribution in [0, 0.1) is 0 Å². The first-order valence-corrected chi connectivity index (χ1v) is 7.27. The van der Waals surface area contributed by atoms with Crippen molar-refractivity contribution in [3.8, 4) is 0 Å². The number of hydrogen-bond acceptors (Lipinski definition) is 2. The maximum Gasteiger partial charge on any atom is 0.460 e. The molecule has 2 nitrogen and oxygen atoms in total. The first-order chi connectivity index (χ1) is 13.7. The summed E-state index contributed by atoms with van der Waals surface area (Å²) in [7, 11) is 0. The minimum absolute atomic E-state index is 0.125. The zero-order chi connectivity index (χ0) is 26.8. The van der Waals surface area contributed by atoms with E-state index in [4.69, 9.17) is 10.2 Å². The third-order valence-corrected chi connectivity index (χ3v) is 3.29. The van der Waals surface area contributed by atoms with Gasteiger partial charge in [-0.2, -0.15) is 74.6 Å². The first-order valence-electron chi connectivity index (χ1n) is 7.27. The lowest BCUT2D eigenvalue weighted by molar-refractivity contribution is -0.461. The fourth-order valence-electron chi connectivity index (χ4n) is 1.51. The minimum atomic E-state index is -8.59. The van der Waals surface area contributed by atoms with Crippen molar-refractivity contribution >= 4 is 0 Å². The van der Waals surface area contributed by atoms with Gasteiger partial charge in [-0.1, -0.05) is 6.08 Å². The predicted octanol–water partition coefficient (Wildman–Crippen LogP) is 5.54. The molecule has 0 fully saturated rings. The molecule has 0 aliphatic rings. The number of rotatable bonds is 9. The zero-order valence-corrected chi connectivity index (χ0v) is 14.7. The third-order valence-electron chi connectivity index (χ3n) is 3.29. The molecule has 0 aliphatic carbocycles. The number of halogens is 17. The molecule has 0 unspecified atom stereocenters. The normalized spacial score (nSPS) is 15.2. The Bertz CT molecular complexity index is 620. The van der Waals surface area contributed by atoms with E-state index in [9.17, 15) is 74.6 Å². The van der Waals surface area contributed by atoms with Gasteiger partial charge in [0.1, 0.15) is 0 Å². The van der Waals surface area contributed by atoms with Crippen LogP contribution in [0.2, 0.25) is 0 Å². The predicted molar refractivity (Wildman–Crippen MR) is 69.7 cm³/mol. The first kappa shape index (κ1) is 32.6. The van der Waals surface area contributed by atoms with E-state index in [2.05, 4.69) is 6.58 Å². The topological polar surface area (TPSA) is 40.5 Å². The van der Waals surface area contributed by atoms with Crippen molar-refractivity contribution in [1.82, 2.24) is 0 Å². The highest BCUT2D eigenvalue weighted by Gasteiger charge is 2.95. The molecule has 0 radical (unpaired) electrons. The maximum atomic E-state index is 13.2. The summed E-state index contributed by atoms with van der Waals surface area (Å²) in [6.07, 6.45) is -10.7. The molecule has 2 N–H and O–H groups in total. The molecule has 0 aliphatic heterocycles. The number of aliphatic hydroxyl groups is 2. The minimum Gasteiger partial charge on any atom is -0.394 e. The standard InChI is InChI=1S/C11H5F17.C2H6O2/c1-2-3-4(12,13)5(14,15)6(16,17)7(18,19)8(20,21)9(22,23)10(24,25)11(26,27)28;3-1-2-4/h2H,1,3H2;3-4H,1-2H2. The summed E-state index contributed by atoms with van der Waals surface area (Å²) in [6.45, 7) is 2.06. The summed E-state index contributed by atoms with van der Waals surface area (Å²) in [5.41, 5.74) is 0. The van der Waals surface area contributed by atoms with E-state index in [0.29, 0.717) is 0 Å². The average molecular weight is 522 g/mol. The molecule has 0 saturated carbocycles. The van der Waals surface area contributed by atoms with Gasteiger partial charge >= 0.3 is 47.6 Å². The number of alkyl halides is 17. The van der Waals surface area contributed by atoms with Crippen molar-refractivity contribution < 1.29 is 84.9 Å². The molecule has 0 amide bonds. The van der Waals surface area contributed by atoms with Crippen molar-refractivity contribution in [2.24, 2.45) is 0 Å². The van der Waals surface area contributed by atoms with Gasteiger partial charge in [0.2, 0.25) is 0 Å². The van der Waals surface area contributed by atoms with Gasteiger partial charge in [0.05, 0.1) is 13.2 Å². The van der Waals surface area contributed by atoms with E-state index < -0.39 is 54.1 Å². The molecular formula is C13H11F17O2. The molecule has 0 bridgehead atoms. The van der Waals surface area contributed by atoms with E-state index >= 15 is 0 Å². The lowest BCUT2D eigenvalue weighted by Gasteiger charge is -2.42. The van der Waals surface area contributed by atoms with Crippen LogP contribution in [0.25, 0.3) is 0 Å². The Balaban J connectivity index is 0. The molecule has 32 heavy (non-hydrogen) atoms. The second kappa shape index (κ2) is 9.38. The van der Waals surface area contributed by atoms with Crippen LogP contribution >= 0.6 is 0 Å². The summed E-state index contributed by atoms with van der Waals surface area (Å²) < 4.78 is 217. The van der Waals surface area contributed by atoms with Crippen LogP contribution in [0.15, 0.2) is 12.7 Å². The van der Waals surface area contributed by atoms with Crippen LogP contribution in [0.3, 0.4) is 0 Å². The highest BCUT2D eigenvalue weighted by molar-refractivity contribution is 5.15. The zero-order valence-electron chi connectivity index (χ0n) is 14.7. The Morgan fingerprint density at radius 2 is 0.719 bits per heavy atom. The number of hydrogen-bond donors (Lipinski definition) is 2. The lowest BCUT2D eigenvalue weighted by Crippen LogP contribution is -2.74. The molecule has 0 spiro atoms.